The van der Waals surface area contributed by atoms with Crippen LogP contribution < -0.4 is 10.6 Å². The number of halogens is 1. The minimum atomic E-state index is -0.103. The predicted molar refractivity (Wildman–Crippen MR) is 130 cm³/mol. The number of hydrogen-bond acceptors (Lipinski definition) is 7. The molecule has 7 nitrogen and oxygen atoms in total. The van der Waals surface area contributed by atoms with Crippen LogP contribution in [0.2, 0.25) is 5.02 Å². The smallest absolute Gasteiger partial charge is 0.230 e. The highest BCUT2D eigenvalue weighted by Crippen LogP contribution is 2.35. The van der Waals surface area contributed by atoms with E-state index in [1.54, 1.807) is 18.5 Å². The molecule has 3 aromatic rings. The molecule has 0 saturated carbocycles. The van der Waals surface area contributed by atoms with Crippen LogP contribution in [-0.2, 0) is 10.2 Å². The molecule has 4 rings (SSSR count). The summed E-state index contributed by atoms with van der Waals surface area (Å²) in [4.78, 5) is 17.5. The van der Waals surface area contributed by atoms with Gasteiger partial charge in [0.1, 0.15) is 5.03 Å². The van der Waals surface area contributed by atoms with Gasteiger partial charge in [-0.15, -0.1) is 0 Å². The van der Waals surface area contributed by atoms with Crippen molar-refractivity contribution in [2.24, 2.45) is 0 Å². The Morgan fingerprint density at radius 1 is 1.16 bits per heavy atom. The Balaban J connectivity index is 1.43. The number of anilines is 1. The quantitative estimate of drug-likeness (QED) is 0.299. The first-order valence-corrected chi connectivity index (χ1v) is 11.8. The van der Waals surface area contributed by atoms with Crippen LogP contribution in [0.4, 0.5) is 5.95 Å². The number of benzene rings is 1. The number of nitrogens with zero attached hydrogens (tertiary/aromatic N) is 4. The van der Waals surface area contributed by atoms with Crippen LogP contribution >= 0.6 is 35.6 Å². The summed E-state index contributed by atoms with van der Waals surface area (Å²) >= 11 is 13.2. The molecule has 0 unspecified atom stereocenters. The van der Waals surface area contributed by atoms with E-state index < -0.39 is 0 Å². The molecule has 1 aliphatic rings. The summed E-state index contributed by atoms with van der Waals surface area (Å²) in [5, 5.41) is 9.04. The lowest BCUT2D eigenvalue weighted by Crippen LogP contribution is -2.45. The van der Waals surface area contributed by atoms with Crippen molar-refractivity contribution >= 4 is 46.6 Å². The highest BCUT2D eigenvalue weighted by molar-refractivity contribution is 7.99. The second-order valence-corrected chi connectivity index (χ2v) is 9.35. The monoisotopic (exact) mass is 486 g/mol. The fourth-order valence-corrected chi connectivity index (χ4v) is 4.75. The Labute approximate surface area is 201 Å². The number of aryl methyl sites for hydroxylation is 1. The Kier molecular flexibility index (Phi) is 7.51. The lowest BCUT2D eigenvalue weighted by Gasteiger charge is -2.38. The summed E-state index contributed by atoms with van der Waals surface area (Å²) in [6, 6.07) is 11.7. The SMILES string of the molecule is Cc1cc(Sc2ncccn2)nc(NC(=S)NCC2(c3cccc(Cl)c3)CCOCC2)n1. The first kappa shape index (κ1) is 22.8. The van der Waals surface area contributed by atoms with Crippen molar-refractivity contribution < 1.29 is 4.74 Å². The van der Waals surface area contributed by atoms with Crippen molar-refractivity contribution in [1.29, 1.82) is 0 Å². The van der Waals surface area contributed by atoms with Gasteiger partial charge in [0.25, 0.3) is 0 Å². The fraction of sp³-hybridized carbons (Fsp3) is 0.318. The van der Waals surface area contributed by atoms with E-state index >= 15 is 0 Å². The minimum absolute atomic E-state index is 0.103. The van der Waals surface area contributed by atoms with Gasteiger partial charge in [-0.2, -0.15) is 0 Å². The number of hydrogen-bond donors (Lipinski definition) is 2. The van der Waals surface area contributed by atoms with Gasteiger partial charge in [0.15, 0.2) is 10.3 Å². The molecule has 3 heterocycles. The Bertz CT molecular complexity index is 1080. The van der Waals surface area contributed by atoms with Gasteiger partial charge in [0.2, 0.25) is 5.95 Å². The van der Waals surface area contributed by atoms with Crippen LogP contribution in [0.5, 0.6) is 0 Å². The molecule has 1 saturated heterocycles. The summed E-state index contributed by atoms with van der Waals surface area (Å²) in [5.41, 5.74) is 1.91. The van der Waals surface area contributed by atoms with Crippen LogP contribution in [0.1, 0.15) is 24.1 Å². The van der Waals surface area contributed by atoms with E-state index in [-0.39, 0.29) is 5.41 Å². The minimum Gasteiger partial charge on any atom is -0.381 e. The average molecular weight is 487 g/mol. The van der Waals surface area contributed by atoms with Gasteiger partial charge >= 0.3 is 0 Å². The molecule has 1 aromatic carbocycles. The third-order valence-electron chi connectivity index (χ3n) is 5.27. The van der Waals surface area contributed by atoms with Crippen LogP contribution in [0.15, 0.2) is 59.0 Å². The zero-order valence-corrected chi connectivity index (χ0v) is 19.9. The van der Waals surface area contributed by atoms with Gasteiger partial charge in [-0.3, -0.25) is 0 Å². The van der Waals surface area contributed by atoms with Crippen LogP contribution in [0.3, 0.4) is 0 Å². The zero-order chi connectivity index (χ0) is 22.4. The van der Waals surface area contributed by atoms with Crippen molar-refractivity contribution in [3.63, 3.8) is 0 Å². The van der Waals surface area contributed by atoms with Crippen molar-refractivity contribution in [3.05, 3.63) is 65.1 Å². The molecule has 0 aliphatic carbocycles. The molecule has 0 amide bonds. The molecule has 32 heavy (non-hydrogen) atoms. The summed E-state index contributed by atoms with van der Waals surface area (Å²) < 4.78 is 5.61. The second-order valence-electron chi connectivity index (χ2n) is 7.52. The number of ether oxygens (including phenoxy) is 1. The Morgan fingerprint density at radius 3 is 2.69 bits per heavy atom. The third-order valence-corrected chi connectivity index (χ3v) is 6.56. The van der Waals surface area contributed by atoms with E-state index in [1.165, 1.54) is 17.3 Å². The number of thiocarbonyl (C=S) groups is 1. The normalized spacial score (nSPS) is 15.2. The van der Waals surface area contributed by atoms with Crippen LogP contribution in [0.25, 0.3) is 0 Å². The highest BCUT2D eigenvalue weighted by atomic mass is 35.5. The standard InChI is InChI=1S/C22H23ClN6OS2/c1-15-12-18(32-21-24-8-3-9-25-21)28-19(27-15)29-20(31)26-14-22(6-10-30-11-7-22)16-4-2-5-17(23)13-16/h2-5,8-9,12-13H,6-7,10-11,14H2,1H3,(H2,26,27,28,29,31). The van der Waals surface area contributed by atoms with Gasteiger partial charge in [0, 0.05) is 48.3 Å². The molecular formula is C22H23ClN6OS2. The van der Waals surface area contributed by atoms with Gasteiger partial charge in [0.05, 0.1) is 0 Å². The van der Waals surface area contributed by atoms with Crippen molar-refractivity contribution in [2.75, 3.05) is 25.1 Å². The van der Waals surface area contributed by atoms with E-state index in [2.05, 4.69) is 36.6 Å². The lowest BCUT2D eigenvalue weighted by molar-refractivity contribution is 0.0515. The molecule has 2 N–H and O–H groups in total. The first-order chi connectivity index (χ1) is 15.5. The summed E-state index contributed by atoms with van der Waals surface area (Å²) in [5.74, 6) is 0.435. The number of nitrogens with one attached hydrogen (secondary N) is 2. The van der Waals surface area contributed by atoms with Gasteiger partial charge < -0.3 is 15.4 Å². The molecule has 1 aliphatic heterocycles. The fourth-order valence-electron chi connectivity index (χ4n) is 3.62. The Hall–Kier alpha value is -2.33. The Morgan fingerprint density at radius 2 is 1.94 bits per heavy atom. The molecule has 10 heteroatoms. The molecule has 2 aromatic heterocycles. The van der Waals surface area contributed by atoms with Gasteiger partial charge in [-0.05, 0) is 73.6 Å². The highest BCUT2D eigenvalue weighted by Gasteiger charge is 2.34. The molecule has 0 spiro atoms. The van der Waals surface area contributed by atoms with E-state index in [0.717, 1.165) is 28.6 Å². The molecular weight excluding hydrogens is 464 g/mol. The van der Waals surface area contributed by atoms with Gasteiger partial charge in [-0.25, -0.2) is 19.9 Å². The molecule has 166 valence electrons. The number of aromatic nitrogens is 4. The predicted octanol–water partition coefficient (Wildman–Crippen LogP) is 4.41. The van der Waals surface area contributed by atoms with E-state index in [9.17, 15) is 0 Å². The zero-order valence-electron chi connectivity index (χ0n) is 17.5. The van der Waals surface area contributed by atoms with Crippen LogP contribution in [-0.4, -0.2) is 44.8 Å². The van der Waals surface area contributed by atoms with E-state index in [0.29, 0.717) is 36.0 Å². The van der Waals surface area contributed by atoms with Crippen molar-refractivity contribution in [2.45, 2.75) is 35.4 Å². The summed E-state index contributed by atoms with van der Waals surface area (Å²) in [7, 11) is 0. The second kappa shape index (κ2) is 10.5. The molecule has 0 atom stereocenters. The third kappa shape index (κ3) is 5.92. The first-order valence-electron chi connectivity index (χ1n) is 10.2. The lowest BCUT2D eigenvalue weighted by atomic mass is 9.74. The topological polar surface area (TPSA) is 84.9 Å². The summed E-state index contributed by atoms with van der Waals surface area (Å²) in [6.45, 7) is 3.98. The van der Waals surface area contributed by atoms with Gasteiger partial charge in [-0.1, -0.05) is 23.7 Å². The number of rotatable bonds is 6. The maximum atomic E-state index is 6.27. The molecule has 0 bridgehead atoms. The molecule has 1 fully saturated rings. The maximum absolute atomic E-state index is 6.27. The van der Waals surface area contributed by atoms with Crippen molar-refractivity contribution in [3.8, 4) is 0 Å². The maximum Gasteiger partial charge on any atom is 0.230 e. The van der Waals surface area contributed by atoms with E-state index in [1.807, 2.05) is 31.2 Å². The van der Waals surface area contributed by atoms with Crippen LogP contribution in [0, 0.1) is 6.92 Å². The van der Waals surface area contributed by atoms with E-state index in [4.69, 9.17) is 28.6 Å². The largest absolute Gasteiger partial charge is 0.381 e. The molecule has 0 radical (unpaired) electrons. The summed E-state index contributed by atoms with van der Waals surface area (Å²) in [6.07, 6.45) is 5.19. The average Bonchev–Trinajstić information content (AvgIpc) is 2.79. The van der Waals surface area contributed by atoms with Crippen molar-refractivity contribution in [1.82, 2.24) is 25.3 Å².